The molecule has 19 nitrogen and oxygen atoms in total. The molecule has 8 atom stereocenters. The normalized spacial score (nSPS) is 27.3. The number of carbonyl (C=O) groups excluding carboxylic acids is 8. The number of amides is 6. The molecule has 398 valence electrons. The van der Waals surface area contributed by atoms with Crippen LogP contribution in [-0.2, 0) is 44.7 Å². The molecule has 3 aromatic rings. The molecule has 5 heterocycles. The number of piperidine rings is 1. The smallest absolute Gasteiger partial charge is 0.333 e. The van der Waals surface area contributed by atoms with E-state index < -0.39 is 101 Å². The molecule has 4 aliphatic heterocycles. The first-order valence-electron chi connectivity index (χ1n) is 25.7. The van der Waals surface area contributed by atoms with Crippen molar-refractivity contribution in [3.8, 4) is 5.75 Å². The fourth-order valence-corrected chi connectivity index (χ4v) is 11.2. The van der Waals surface area contributed by atoms with E-state index >= 15 is 14.4 Å². The number of rotatable bonds is 12. The van der Waals surface area contributed by atoms with Crippen LogP contribution in [0.4, 0.5) is 0 Å². The van der Waals surface area contributed by atoms with Crippen LogP contribution >= 0.6 is 11.8 Å². The molecular weight excluding hydrogens is 967 g/mol. The van der Waals surface area contributed by atoms with Crippen molar-refractivity contribution in [1.82, 2.24) is 45.4 Å². The van der Waals surface area contributed by atoms with Gasteiger partial charge in [0, 0.05) is 89.3 Å². The number of benzene rings is 2. The molecule has 4 fully saturated rings. The molecule has 2 aromatic carbocycles. The minimum absolute atomic E-state index is 0.0296. The van der Waals surface area contributed by atoms with Crippen molar-refractivity contribution < 1.29 is 48.2 Å². The van der Waals surface area contributed by atoms with E-state index in [1.54, 1.807) is 49.0 Å². The molecule has 0 saturated carbocycles. The molecular formula is C54H71N9O10S. The number of aromatic hydroxyl groups is 1. The average molecular weight is 1040 g/mol. The first-order chi connectivity index (χ1) is 35.4. The van der Waals surface area contributed by atoms with Gasteiger partial charge in [-0.05, 0) is 69.8 Å². The quantitative estimate of drug-likeness (QED) is 0.151. The minimum atomic E-state index is -1.71. The largest absolute Gasteiger partial charge is 0.505 e. The number of aryl methyl sites for hydroxylation is 1. The van der Waals surface area contributed by atoms with Gasteiger partial charge in [0.2, 0.25) is 29.5 Å². The Morgan fingerprint density at radius 1 is 0.878 bits per heavy atom. The Kier molecular flexibility index (Phi) is 18.5. The fourth-order valence-electron chi connectivity index (χ4n) is 10.1. The summed E-state index contributed by atoms with van der Waals surface area (Å²) in [5, 5.41) is 18.6. The van der Waals surface area contributed by atoms with Crippen LogP contribution < -0.4 is 16.0 Å². The molecule has 4 saturated heterocycles. The summed E-state index contributed by atoms with van der Waals surface area (Å²) in [6.45, 7) is 14.4. The zero-order valence-electron chi connectivity index (χ0n) is 43.3. The van der Waals surface area contributed by atoms with Crippen LogP contribution in [0.15, 0.2) is 72.9 Å². The summed E-state index contributed by atoms with van der Waals surface area (Å²) in [5.41, 5.74) is -0.124. The lowest BCUT2D eigenvalue weighted by Gasteiger charge is -2.42. The summed E-state index contributed by atoms with van der Waals surface area (Å²) in [6.07, 6.45) is 0.155. The van der Waals surface area contributed by atoms with E-state index in [1.165, 1.54) is 53.9 Å². The molecule has 0 radical (unpaired) electrons. The first kappa shape index (κ1) is 55.4. The highest BCUT2D eigenvalue weighted by atomic mass is 32.2. The number of hydrogen-bond donors (Lipinski definition) is 4. The van der Waals surface area contributed by atoms with Gasteiger partial charge in [-0.3, -0.25) is 38.5 Å². The van der Waals surface area contributed by atoms with Gasteiger partial charge in [-0.2, -0.15) is 11.8 Å². The van der Waals surface area contributed by atoms with Crippen LogP contribution in [0.2, 0.25) is 0 Å². The molecule has 6 amide bonds. The van der Waals surface area contributed by atoms with Gasteiger partial charge in [-0.25, -0.2) is 9.78 Å². The Hall–Kier alpha value is -6.38. The van der Waals surface area contributed by atoms with Crippen LogP contribution in [0.5, 0.6) is 5.75 Å². The summed E-state index contributed by atoms with van der Waals surface area (Å²) in [7, 11) is 1.51. The number of nitrogens with one attached hydrogen (secondary N) is 3. The van der Waals surface area contributed by atoms with Gasteiger partial charge in [-0.1, -0.05) is 74.0 Å². The van der Waals surface area contributed by atoms with Crippen molar-refractivity contribution in [2.24, 2.45) is 5.92 Å². The van der Waals surface area contributed by atoms with Gasteiger partial charge >= 0.3 is 5.97 Å². The summed E-state index contributed by atoms with van der Waals surface area (Å²) >= 11 is 1.61. The summed E-state index contributed by atoms with van der Waals surface area (Å²) < 4.78 is 5.99. The van der Waals surface area contributed by atoms with Crippen LogP contribution in [0.3, 0.4) is 0 Å². The maximum absolute atomic E-state index is 15.6. The molecule has 74 heavy (non-hydrogen) atoms. The van der Waals surface area contributed by atoms with Crippen molar-refractivity contribution >= 4 is 59.0 Å². The second kappa shape index (κ2) is 24.8. The third-order valence-corrected chi connectivity index (χ3v) is 16.1. The third kappa shape index (κ3) is 12.9. The number of cyclic esters (lactones) is 1. The van der Waals surface area contributed by atoms with E-state index in [-0.39, 0.29) is 50.1 Å². The lowest BCUT2D eigenvalue weighted by atomic mass is 9.90. The average Bonchev–Trinajstić information content (AvgIpc) is 3.90. The number of ether oxygens (including phenoxy) is 1. The van der Waals surface area contributed by atoms with Crippen LogP contribution in [0, 0.1) is 12.8 Å². The molecule has 4 N–H and O–H groups in total. The Labute approximate surface area is 437 Å². The molecule has 0 aliphatic carbocycles. The molecule has 1 aromatic heterocycles. The van der Waals surface area contributed by atoms with Crippen molar-refractivity contribution in [3.63, 3.8) is 0 Å². The second-order valence-electron chi connectivity index (χ2n) is 20.0. The maximum Gasteiger partial charge on any atom is 0.333 e. The zero-order chi connectivity index (χ0) is 53.3. The van der Waals surface area contributed by atoms with Gasteiger partial charge in [0.05, 0.1) is 0 Å². The maximum atomic E-state index is 15.6. The van der Waals surface area contributed by atoms with E-state index in [9.17, 15) is 29.1 Å². The van der Waals surface area contributed by atoms with Crippen molar-refractivity contribution in [2.45, 2.75) is 109 Å². The van der Waals surface area contributed by atoms with E-state index in [2.05, 4.69) is 37.7 Å². The monoisotopic (exact) mass is 1040 g/mol. The molecule has 4 aliphatic rings. The van der Waals surface area contributed by atoms with Crippen molar-refractivity contribution in [3.05, 3.63) is 95.3 Å². The molecule has 0 spiro atoms. The van der Waals surface area contributed by atoms with Gasteiger partial charge < -0.3 is 45.4 Å². The van der Waals surface area contributed by atoms with E-state index in [0.29, 0.717) is 12.2 Å². The number of ketones is 1. The summed E-state index contributed by atoms with van der Waals surface area (Å²) in [4.78, 5) is 131. The Morgan fingerprint density at radius 3 is 2.26 bits per heavy atom. The highest BCUT2D eigenvalue weighted by Gasteiger charge is 2.49. The molecule has 7 rings (SSSR count). The fraction of sp³-hybridized carbons (Fsp3) is 0.537. The van der Waals surface area contributed by atoms with Gasteiger partial charge in [-0.15, -0.1) is 0 Å². The number of piperazine rings is 1. The molecule has 0 bridgehead atoms. The number of pyridine rings is 1. The number of likely N-dealkylation sites (N-methyl/N-ethyl adjacent to an activating group) is 2. The van der Waals surface area contributed by atoms with Gasteiger partial charge in [0.25, 0.3) is 5.91 Å². The SMILES string of the molecule is CCN1CCN(CCSCC2CN3C(=O)[C@H](Cc4ccc(C)cc4)N(C)C(=O)[C@@H]4CCCN4C(=O)[C@](C)(CC)NC(=O)[C@@H](NC(=O)c4ncccc4O)[C@@H](C)OC(=O)[C@H](c4ccccc4)NC(=O)[C@@H]3CC2=O)CC1. The standard InChI is InChI=1S/C54H71N9O10S/c1-7-54(5)53(72)62-23-13-16-39(62)50(69)59(6)41(30-36-20-18-34(3)19-21-36)51(70)63-32-38(33-74-29-28-61-26-24-60(8-2)25-27-61)43(65)31-40(63)47(66)57-45(37-14-10-9-11-15-37)52(71)73-35(4)44(49(68)58-54)56-48(67)46-42(64)17-12-22-55-46/h9-12,14-15,17-22,35,38-41,44-45,64H,7-8,13,16,23-33H2,1-6H3,(H,56,67)(H,57,66)(H,58,68)/t35-,38?,39+,40+,41+,44+,45+,54+/m1/s1. The number of fused-ring (bicyclic) bond motifs is 2. The Morgan fingerprint density at radius 2 is 1.58 bits per heavy atom. The summed E-state index contributed by atoms with van der Waals surface area (Å²) in [5.74, 6) is -5.74. The van der Waals surface area contributed by atoms with Crippen molar-refractivity contribution in [1.29, 1.82) is 0 Å². The molecule has 20 heteroatoms. The molecule has 1 unspecified atom stereocenters. The number of thioether (sulfide) groups is 1. The number of aromatic nitrogens is 1. The van der Waals surface area contributed by atoms with Crippen LogP contribution in [0.1, 0.15) is 86.6 Å². The summed E-state index contributed by atoms with van der Waals surface area (Å²) in [6, 6.07) is 11.4. The minimum Gasteiger partial charge on any atom is -0.505 e. The topological polar surface area (TPSA) is 231 Å². The van der Waals surface area contributed by atoms with Crippen LogP contribution in [-0.4, -0.2) is 189 Å². The zero-order valence-corrected chi connectivity index (χ0v) is 44.1. The van der Waals surface area contributed by atoms with E-state index in [0.717, 1.165) is 56.1 Å². The van der Waals surface area contributed by atoms with Gasteiger partial charge in [0.1, 0.15) is 47.3 Å². The van der Waals surface area contributed by atoms with E-state index in [4.69, 9.17) is 4.74 Å². The predicted octanol–water partition coefficient (Wildman–Crippen LogP) is 2.50. The second-order valence-corrected chi connectivity index (χ2v) is 21.2. The third-order valence-electron chi connectivity index (χ3n) is 15.0. The first-order valence-corrected chi connectivity index (χ1v) is 26.9. The van der Waals surface area contributed by atoms with Crippen LogP contribution in [0.25, 0.3) is 0 Å². The Bertz CT molecular complexity index is 2530. The number of carbonyl (C=O) groups is 8. The van der Waals surface area contributed by atoms with Crippen molar-refractivity contribution in [2.75, 3.05) is 70.9 Å². The highest BCUT2D eigenvalue weighted by Crippen LogP contribution is 2.30. The van der Waals surface area contributed by atoms with Gasteiger partial charge in [0.15, 0.2) is 11.7 Å². The number of Topliss-reactive ketones (excluding diaryl/α,β-unsaturated/α-hetero) is 1. The highest BCUT2D eigenvalue weighted by molar-refractivity contribution is 7.99. The van der Waals surface area contributed by atoms with E-state index in [1.807, 2.05) is 31.2 Å². The number of esters is 1. The number of nitrogens with zero attached hydrogens (tertiary/aromatic N) is 6. The number of hydrogen-bond acceptors (Lipinski definition) is 14. The Balaban J connectivity index is 1.28. The lowest BCUT2D eigenvalue weighted by molar-refractivity contribution is -0.157. The lowest BCUT2D eigenvalue weighted by Crippen LogP contribution is -2.65. The predicted molar refractivity (Wildman–Crippen MR) is 278 cm³/mol.